The number of halogens is 1. The molecule has 0 unspecified atom stereocenters. The van der Waals surface area contributed by atoms with Gasteiger partial charge in [-0.25, -0.2) is 9.37 Å². The van der Waals surface area contributed by atoms with Gasteiger partial charge in [-0.2, -0.15) is 0 Å². The first-order valence-corrected chi connectivity index (χ1v) is 9.66. The molecule has 1 aromatic heterocycles. The summed E-state index contributed by atoms with van der Waals surface area (Å²) in [5, 5.41) is 5.45. The summed E-state index contributed by atoms with van der Waals surface area (Å²) in [6.07, 6.45) is 0. The van der Waals surface area contributed by atoms with E-state index in [1.165, 1.54) is 18.2 Å². The predicted octanol–water partition coefficient (Wildman–Crippen LogP) is 5.38. The van der Waals surface area contributed by atoms with Crippen molar-refractivity contribution in [1.29, 1.82) is 0 Å². The van der Waals surface area contributed by atoms with Crippen molar-refractivity contribution in [3.8, 4) is 11.5 Å². The van der Waals surface area contributed by atoms with E-state index in [0.29, 0.717) is 22.7 Å². The molecule has 0 radical (unpaired) electrons. The van der Waals surface area contributed by atoms with Crippen LogP contribution >= 0.6 is 12.2 Å². The number of fused-ring (bicyclic) bond motifs is 1. The normalized spacial score (nSPS) is 10.8. The second kappa shape index (κ2) is 8.04. The Labute approximate surface area is 177 Å². The lowest BCUT2D eigenvalue weighted by molar-refractivity contribution is 0.0974. The average molecular weight is 419 g/mol. The zero-order chi connectivity index (χ0) is 21.3. The molecule has 0 saturated heterocycles. The lowest BCUT2D eigenvalue weighted by Crippen LogP contribution is -2.34. The van der Waals surface area contributed by atoms with Gasteiger partial charge in [0.05, 0.1) is 5.56 Å². The molecule has 3 aromatic carbocycles. The molecule has 150 valence electrons. The summed E-state index contributed by atoms with van der Waals surface area (Å²) in [5.41, 5.74) is 5.00. The fraction of sp³-hybridized carbons (Fsp3) is 0.0870. The molecule has 0 aliphatic heterocycles. The van der Waals surface area contributed by atoms with Crippen molar-refractivity contribution in [2.75, 3.05) is 5.32 Å². The highest BCUT2D eigenvalue weighted by Gasteiger charge is 2.13. The number of carbonyl (C=O) groups is 1. The summed E-state index contributed by atoms with van der Waals surface area (Å²) in [6, 6.07) is 17.1. The smallest absolute Gasteiger partial charge is 0.260 e. The van der Waals surface area contributed by atoms with Crippen molar-refractivity contribution in [2.45, 2.75) is 13.8 Å². The number of hydrogen-bond acceptors (Lipinski definition) is 4. The number of oxazole rings is 1. The molecule has 0 bridgehead atoms. The van der Waals surface area contributed by atoms with E-state index in [2.05, 4.69) is 21.7 Å². The number of thiocarbonyl (C=S) groups is 1. The second-order valence-corrected chi connectivity index (χ2v) is 7.37. The van der Waals surface area contributed by atoms with Crippen LogP contribution in [0.2, 0.25) is 0 Å². The summed E-state index contributed by atoms with van der Waals surface area (Å²) >= 11 is 5.18. The molecule has 0 aliphatic rings. The standard InChI is InChI=1S/C23H18FN3O2S/c1-13-9-14(2)11-15(10-13)22-26-19-12-16(7-8-20(19)29-22)25-23(30)27-21(28)17-5-3-4-6-18(17)24/h3-12H,1-2H3,(H2,25,27,28,30). The number of rotatable bonds is 3. The largest absolute Gasteiger partial charge is 0.436 e. The van der Waals surface area contributed by atoms with Crippen LogP contribution in [0.5, 0.6) is 0 Å². The number of hydrogen-bond donors (Lipinski definition) is 2. The molecule has 0 fully saturated rings. The molecular weight excluding hydrogens is 401 g/mol. The van der Waals surface area contributed by atoms with Gasteiger partial charge in [-0.15, -0.1) is 0 Å². The minimum Gasteiger partial charge on any atom is -0.436 e. The van der Waals surface area contributed by atoms with Crippen LogP contribution in [0.15, 0.2) is 65.1 Å². The van der Waals surface area contributed by atoms with E-state index in [1.807, 2.05) is 26.0 Å². The third kappa shape index (κ3) is 4.21. The maximum Gasteiger partial charge on any atom is 0.260 e. The molecule has 0 aliphatic carbocycles. The lowest BCUT2D eigenvalue weighted by atomic mass is 10.1. The molecule has 0 spiro atoms. The number of amides is 1. The SMILES string of the molecule is Cc1cc(C)cc(-c2nc3cc(NC(=S)NC(=O)c4ccccc4F)ccc3o2)c1. The molecule has 1 amide bonds. The summed E-state index contributed by atoms with van der Waals surface area (Å²) in [6.45, 7) is 4.05. The first kappa shape index (κ1) is 19.7. The van der Waals surface area contributed by atoms with Crippen molar-refractivity contribution in [1.82, 2.24) is 10.3 Å². The predicted molar refractivity (Wildman–Crippen MR) is 119 cm³/mol. The van der Waals surface area contributed by atoms with Gasteiger partial charge >= 0.3 is 0 Å². The fourth-order valence-electron chi connectivity index (χ4n) is 3.20. The third-order valence-electron chi connectivity index (χ3n) is 4.46. The van der Waals surface area contributed by atoms with Crippen molar-refractivity contribution < 1.29 is 13.6 Å². The monoisotopic (exact) mass is 419 g/mol. The number of carbonyl (C=O) groups excluding carboxylic acids is 1. The minimum atomic E-state index is -0.620. The van der Waals surface area contributed by atoms with E-state index in [9.17, 15) is 9.18 Å². The van der Waals surface area contributed by atoms with Crippen molar-refractivity contribution in [2.24, 2.45) is 0 Å². The molecule has 5 nitrogen and oxygen atoms in total. The molecule has 30 heavy (non-hydrogen) atoms. The number of nitrogens with one attached hydrogen (secondary N) is 2. The van der Waals surface area contributed by atoms with Gasteiger partial charge in [-0.3, -0.25) is 10.1 Å². The van der Waals surface area contributed by atoms with Gasteiger partial charge in [0.15, 0.2) is 10.7 Å². The molecule has 0 atom stereocenters. The van der Waals surface area contributed by atoms with E-state index in [4.69, 9.17) is 16.6 Å². The van der Waals surface area contributed by atoms with Crippen LogP contribution in [0.25, 0.3) is 22.6 Å². The van der Waals surface area contributed by atoms with Crippen LogP contribution in [-0.2, 0) is 0 Å². The molecule has 7 heteroatoms. The number of anilines is 1. The molecule has 4 rings (SSSR count). The molecule has 2 N–H and O–H groups in total. The van der Waals surface area contributed by atoms with Crippen molar-refractivity contribution in [3.63, 3.8) is 0 Å². The Balaban J connectivity index is 1.51. The molecule has 1 heterocycles. The first-order chi connectivity index (χ1) is 14.4. The van der Waals surface area contributed by atoms with Gasteiger partial charge in [0, 0.05) is 11.3 Å². The van der Waals surface area contributed by atoms with Crippen LogP contribution in [-0.4, -0.2) is 16.0 Å². The number of aryl methyl sites for hydroxylation is 2. The maximum atomic E-state index is 13.7. The fourth-order valence-corrected chi connectivity index (χ4v) is 3.42. The van der Waals surface area contributed by atoms with Crippen molar-refractivity contribution >= 4 is 40.0 Å². The van der Waals surface area contributed by atoms with E-state index in [0.717, 1.165) is 16.7 Å². The van der Waals surface area contributed by atoms with Gasteiger partial charge in [0.25, 0.3) is 5.91 Å². The van der Waals surface area contributed by atoms with Crippen LogP contribution in [0.1, 0.15) is 21.5 Å². The van der Waals surface area contributed by atoms with Gasteiger partial charge in [-0.1, -0.05) is 29.3 Å². The van der Waals surface area contributed by atoms with Crippen LogP contribution < -0.4 is 10.6 Å². The first-order valence-electron chi connectivity index (χ1n) is 9.25. The van der Waals surface area contributed by atoms with E-state index in [1.54, 1.807) is 24.3 Å². The lowest BCUT2D eigenvalue weighted by Gasteiger charge is -2.09. The zero-order valence-corrected chi connectivity index (χ0v) is 17.1. The van der Waals surface area contributed by atoms with E-state index < -0.39 is 11.7 Å². The zero-order valence-electron chi connectivity index (χ0n) is 16.3. The maximum absolute atomic E-state index is 13.7. The summed E-state index contributed by atoms with van der Waals surface area (Å²) in [5.74, 6) is -0.699. The summed E-state index contributed by atoms with van der Waals surface area (Å²) < 4.78 is 19.6. The Kier molecular flexibility index (Phi) is 5.29. The van der Waals surface area contributed by atoms with E-state index >= 15 is 0 Å². The number of nitrogens with zero attached hydrogens (tertiary/aromatic N) is 1. The Morgan fingerprint density at radius 2 is 1.77 bits per heavy atom. The Bertz CT molecular complexity index is 1260. The van der Waals surface area contributed by atoms with Crippen LogP contribution in [0, 0.1) is 19.7 Å². The topological polar surface area (TPSA) is 67.2 Å². The summed E-state index contributed by atoms with van der Waals surface area (Å²) in [7, 11) is 0. The number of aromatic nitrogens is 1. The minimum absolute atomic E-state index is 0.0561. The Morgan fingerprint density at radius 1 is 1.03 bits per heavy atom. The summed E-state index contributed by atoms with van der Waals surface area (Å²) in [4.78, 5) is 16.8. The van der Waals surface area contributed by atoms with Crippen LogP contribution in [0.4, 0.5) is 10.1 Å². The van der Waals surface area contributed by atoms with Gasteiger partial charge in [-0.05, 0) is 68.5 Å². The highest BCUT2D eigenvalue weighted by Crippen LogP contribution is 2.27. The van der Waals surface area contributed by atoms with Gasteiger partial charge < -0.3 is 9.73 Å². The van der Waals surface area contributed by atoms with Gasteiger partial charge in [0.2, 0.25) is 5.89 Å². The highest BCUT2D eigenvalue weighted by atomic mass is 32.1. The quantitative estimate of drug-likeness (QED) is 0.437. The second-order valence-electron chi connectivity index (χ2n) is 6.97. The molecule has 4 aromatic rings. The van der Waals surface area contributed by atoms with Crippen LogP contribution in [0.3, 0.4) is 0 Å². The average Bonchev–Trinajstić information content (AvgIpc) is 3.11. The Morgan fingerprint density at radius 3 is 2.50 bits per heavy atom. The van der Waals surface area contributed by atoms with Crippen molar-refractivity contribution in [3.05, 3.63) is 83.2 Å². The molecule has 0 saturated carbocycles. The van der Waals surface area contributed by atoms with Gasteiger partial charge in [0.1, 0.15) is 11.3 Å². The third-order valence-corrected chi connectivity index (χ3v) is 4.66. The molecular formula is C23H18FN3O2S. The highest BCUT2D eigenvalue weighted by molar-refractivity contribution is 7.80. The van der Waals surface area contributed by atoms with E-state index in [-0.39, 0.29) is 10.7 Å². The Hall–Kier alpha value is -3.58. The number of benzene rings is 3.